The summed E-state index contributed by atoms with van der Waals surface area (Å²) in [5, 5.41) is 9.99. The molecule has 2 rings (SSSR count). The van der Waals surface area contributed by atoms with Crippen molar-refractivity contribution in [3.8, 4) is 0 Å². The zero-order valence-electron chi connectivity index (χ0n) is 9.90. The number of aliphatic hydroxyl groups is 1. The van der Waals surface area contributed by atoms with Crippen LogP contribution < -0.4 is 5.73 Å². The highest BCUT2D eigenvalue weighted by molar-refractivity contribution is 5.85. The van der Waals surface area contributed by atoms with Gasteiger partial charge in [-0.2, -0.15) is 0 Å². The molecule has 0 aromatic heterocycles. The van der Waals surface area contributed by atoms with E-state index in [1.165, 1.54) is 6.07 Å². The van der Waals surface area contributed by atoms with Gasteiger partial charge in [0.15, 0.2) is 0 Å². The predicted octanol–water partition coefficient (Wildman–Crippen LogP) is 2.72. The molecule has 96 valence electrons. The van der Waals surface area contributed by atoms with Crippen molar-refractivity contribution in [3.05, 3.63) is 35.1 Å². The first-order valence-corrected chi connectivity index (χ1v) is 5.79. The smallest absolute Gasteiger partial charge is 0.128 e. The minimum absolute atomic E-state index is 0. The topological polar surface area (TPSA) is 46.2 Å². The van der Waals surface area contributed by atoms with Gasteiger partial charge < -0.3 is 10.8 Å². The molecule has 1 aliphatic carbocycles. The molecule has 1 aromatic carbocycles. The van der Waals surface area contributed by atoms with Crippen LogP contribution in [-0.2, 0) is 0 Å². The van der Waals surface area contributed by atoms with Crippen LogP contribution >= 0.6 is 12.4 Å². The van der Waals surface area contributed by atoms with Gasteiger partial charge in [0, 0.05) is 5.56 Å². The van der Waals surface area contributed by atoms with Gasteiger partial charge in [-0.1, -0.05) is 18.6 Å². The van der Waals surface area contributed by atoms with Gasteiger partial charge in [-0.15, -0.1) is 12.4 Å². The Morgan fingerprint density at radius 2 is 2.06 bits per heavy atom. The summed E-state index contributed by atoms with van der Waals surface area (Å²) >= 11 is 0. The van der Waals surface area contributed by atoms with E-state index in [4.69, 9.17) is 5.73 Å². The van der Waals surface area contributed by atoms with E-state index in [2.05, 4.69) is 0 Å². The molecule has 1 aliphatic rings. The third-order valence-electron chi connectivity index (χ3n) is 3.52. The summed E-state index contributed by atoms with van der Waals surface area (Å²) in [5.41, 5.74) is 7.20. The molecule has 0 amide bonds. The van der Waals surface area contributed by atoms with Crippen LogP contribution in [0.25, 0.3) is 0 Å². The van der Waals surface area contributed by atoms with Crippen LogP contribution in [0.15, 0.2) is 18.2 Å². The first-order chi connectivity index (χ1) is 7.59. The standard InChI is InChI=1S/C13H18FNO.ClH/c1-8-5-6-10(11(14)7-8)12(15)13(16)9-3-2-4-9;/h5-7,9,12-13,16H,2-4,15H2,1H3;1H/t12-,13+;/m1./s1. The van der Waals surface area contributed by atoms with Gasteiger partial charge >= 0.3 is 0 Å². The average Bonchev–Trinajstić information content (AvgIpc) is 2.14. The Bertz CT molecular complexity index is 382. The monoisotopic (exact) mass is 259 g/mol. The number of hydrogen-bond acceptors (Lipinski definition) is 2. The molecule has 0 radical (unpaired) electrons. The van der Waals surface area contributed by atoms with Crippen LogP contribution in [0.3, 0.4) is 0 Å². The molecule has 1 aromatic rings. The highest BCUT2D eigenvalue weighted by atomic mass is 35.5. The quantitative estimate of drug-likeness (QED) is 0.877. The number of halogens is 2. The van der Waals surface area contributed by atoms with Crippen LogP contribution in [0.5, 0.6) is 0 Å². The van der Waals surface area contributed by atoms with E-state index < -0.39 is 12.1 Å². The summed E-state index contributed by atoms with van der Waals surface area (Å²) in [6, 6.07) is 4.36. The van der Waals surface area contributed by atoms with Crippen molar-refractivity contribution in [2.24, 2.45) is 11.7 Å². The lowest BCUT2D eigenvalue weighted by molar-refractivity contribution is 0.0405. The van der Waals surface area contributed by atoms with Crippen molar-refractivity contribution in [3.63, 3.8) is 0 Å². The highest BCUT2D eigenvalue weighted by Gasteiger charge is 2.31. The van der Waals surface area contributed by atoms with Crippen molar-refractivity contribution >= 4 is 12.4 Å². The number of aliphatic hydroxyl groups excluding tert-OH is 1. The van der Waals surface area contributed by atoms with Crippen LogP contribution in [0.1, 0.15) is 36.4 Å². The molecule has 3 N–H and O–H groups in total. The number of hydrogen-bond donors (Lipinski definition) is 2. The second kappa shape index (κ2) is 5.80. The van der Waals surface area contributed by atoms with Crippen molar-refractivity contribution in [2.45, 2.75) is 38.3 Å². The third kappa shape index (κ3) is 2.97. The van der Waals surface area contributed by atoms with Gasteiger partial charge in [-0.3, -0.25) is 0 Å². The zero-order chi connectivity index (χ0) is 11.7. The number of rotatable bonds is 3. The lowest BCUT2D eigenvalue weighted by Gasteiger charge is -2.33. The normalized spacial score (nSPS) is 19.1. The Morgan fingerprint density at radius 1 is 1.41 bits per heavy atom. The first kappa shape index (κ1) is 14.4. The Labute approximate surface area is 107 Å². The minimum atomic E-state index is -0.619. The molecular formula is C13H19ClFNO. The zero-order valence-corrected chi connectivity index (χ0v) is 10.7. The van der Waals surface area contributed by atoms with E-state index in [1.807, 2.05) is 13.0 Å². The van der Waals surface area contributed by atoms with Gasteiger partial charge in [0.25, 0.3) is 0 Å². The molecular weight excluding hydrogens is 241 g/mol. The summed E-state index contributed by atoms with van der Waals surface area (Å²) in [5.74, 6) is -0.0680. The van der Waals surface area contributed by atoms with Gasteiger partial charge in [0.05, 0.1) is 12.1 Å². The Morgan fingerprint density at radius 3 is 2.53 bits per heavy atom. The van der Waals surface area contributed by atoms with Crippen LogP contribution in [0, 0.1) is 18.7 Å². The van der Waals surface area contributed by atoms with Crippen LogP contribution in [-0.4, -0.2) is 11.2 Å². The predicted molar refractivity (Wildman–Crippen MR) is 68.7 cm³/mol. The molecule has 0 spiro atoms. The molecule has 4 heteroatoms. The average molecular weight is 260 g/mol. The van der Waals surface area contributed by atoms with E-state index >= 15 is 0 Å². The number of aryl methyl sites for hydroxylation is 1. The molecule has 0 heterocycles. The maximum atomic E-state index is 13.7. The Kier molecular flexibility index (Phi) is 4.92. The lowest BCUT2D eigenvalue weighted by Crippen LogP contribution is -2.36. The van der Waals surface area contributed by atoms with Crippen molar-refractivity contribution in [1.82, 2.24) is 0 Å². The fourth-order valence-corrected chi connectivity index (χ4v) is 2.16. The van der Waals surface area contributed by atoms with Crippen LogP contribution in [0.2, 0.25) is 0 Å². The summed E-state index contributed by atoms with van der Waals surface area (Å²) in [6.07, 6.45) is 2.53. The van der Waals surface area contributed by atoms with Gasteiger partial charge in [0.2, 0.25) is 0 Å². The highest BCUT2D eigenvalue weighted by Crippen LogP contribution is 2.34. The van der Waals surface area contributed by atoms with E-state index in [-0.39, 0.29) is 24.1 Å². The molecule has 0 saturated heterocycles. The Hall–Kier alpha value is -0.640. The number of nitrogens with two attached hydrogens (primary N) is 1. The SMILES string of the molecule is Cc1ccc([C@@H](N)[C@@H](O)C2CCC2)c(F)c1.Cl. The summed E-state index contributed by atoms with van der Waals surface area (Å²) in [6.45, 7) is 1.83. The Balaban J connectivity index is 0.00000144. The molecule has 0 aliphatic heterocycles. The number of benzene rings is 1. The van der Waals surface area contributed by atoms with Gasteiger partial charge in [-0.05, 0) is 37.3 Å². The molecule has 1 saturated carbocycles. The fraction of sp³-hybridized carbons (Fsp3) is 0.538. The van der Waals surface area contributed by atoms with Crippen LogP contribution in [0.4, 0.5) is 4.39 Å². The van der Waals surface area contributed by atoms with Crippen molar-refractivity contribution < 1.29 is 9.50 Å². The maximum Gasteiger partial charge on any atom is 0.128 e. The molecule has 0 bridgehead atoms. The van der Waals surface area contributed by atoms with E-state index in [9.17, 15) is 9.50 Å². The van der Waals surface area contributed by atoms with E-state index in [1.54, 1.807) is 6.07 Å². The molecule has 2 atom stereocenters. The minimum Gasteiger partial charge on any atom is -0.391 e. The fourth-order valence-electron chi connectivity index (χ4n) is 2.16. The van der Waals surface area contributed by atoms with Crippen molar-refractivity contribution in [1.29, 1.82) is 0 Å². The second-order valence-electron chi connectivity index (χ2n) is 4.73. The van der Waals surface area contributed by atoms with E-state index in [0.717, 1.165) is 24.8 Å². The molecule has 1 fully saturated rings. The third-order valence-corrected chi connectivity index (χ3v) is 3.52. The van der Waals surface area contributed by atoms with Gasteiger partial charge in [0.1, 0.15) is 5.82 Å². The molecule has 2 nitrogen and oxygen atoms in total. The maximum absolute atomic E-state index is 13.7. The lowest BCUT2D eigenvalue weighted by atomic mass is 9.77. The van der Waals surface area contributed by atoms with Crippen molar-refractivity contribution in [2.75, 3.05) is 0 Å². The summed E-state index contributed by atoms with van der Waals surface area (Å²) in [7, 11) is 0. The van der Waals surface area contributed by atoms with Gasteiger partial charge in [-0.25, -0.2) is 4.39 Å². The second-order valence-corrected chi connectivity index (χ2v) is 4.73. The first-order valence-electron chi connectivity index (χ1n) is 5.79. The summed E-state index contributed by atoms with van der Waals surface area (Å²) in [4.78, 5) is 0. The summed E-state index contributed by atoms with van der Waals surface area (Å²) < 4.78 is 13.7. The molecule has 17 heavy (non-hydrogen) atoms. The van der Waals surface area contributed by atoms with E-state index in [0.29, 0.717) is 5.56 Å². The molecule has 0 unspecified atom stereocenters. The largest absolute Gasteiger partial charge is 0.391 e.